The molecule has 0 aliphatic rings. The van der Waals surface area contributed by atoms with Gasteiger partial charge in [-0.15, -0.1) is 0 Å². The first-order chi connectivity index (χ1) is 15.5. The molecule has 0 aliphatic heterocycles. The number of aliphatic carboxylic acids is 1. The molecule has 6 heteroatoms. The number of rotatable bonds is 16. The Bertz CT molecular complexity index is 810. The van der Waals surface area contributed by atoms with E-state index in [-0.39, 0.29) is 12.0 Å². The molecule has 0 amide bonds. The van der Waals surface area contributed by atoms with Gasteiger partial charge in [-0.25, -0.2) is 4.79 Å². The van der Waals surface area contributed by atoms with Crippen LogP contribution in [0.4, 0.5) is 0 Å². The van der Waals surface area contributed by atoms with E-state index < -0.39 is 23.3 Å². The summed E-state index contributed by atoms with van der Waals surface area (Å²) in [5.74, 6) is -1.61. The Morgan fingerprint density at radius 3 is 2.53 bits per heavy atom. The molecule has 0 spiro atoms. The number of aromatic carboxylic acids is 1. The summed E-state index contributed by atoms with van der Waals surface area (Å²) in [6, 6.07) is 6.17. The Labute approximate surface area is 195 Å². The van der Waals surface area contributed by atoms with Gasteiger partial charge in [-0.2, -0.15) is 11.8 Å². The van der Waals surface area contributed by atoms with E-state index in [0.717, 1.165) is 12.8 Å². The predicted molar refractivity (Wildman–Crippen MR) is 132 cm³/mol. The van der Waals surface area contributed by atoms with Crippen molar-refractivity contribution in [2.75, 3.05) is 5.75 Å². The number of aliphatic hydroxyl groups is 1. The zero-order chi connectivity index (χ0) is 23.6. The highest BCUT2D eigenvalue weighted by atomic mass is 32.2. The molecule has 0 aliphatic carbocycles. The van der Waals surface area contributed by atoms with Crippen molar-refractivity contribution < 1.29 is 24.9 Å². The van der Waals surface area contributed by atoms with E-state index in [1.807, 2.05) is 30.4 Å². The lowest BCUT2D eigenvalue weighted by Gasteiger charge is -2.20. The van der Waals surface area contributed by atoms with Crippen LogP contribution in [0.3, 0.4) is 0 Å². The van der Waals surface area contributed by atoms with Crippen LogP contribution in [-0.4, -0.2) is 38.3 Å². The number of thioether (sulfide) groups is 1. The summed E-state index contributed by atoms with van der Waals surface area (Å²) >= 11 is 1.32. The molecule has 0 bridgehead atoms. The summed E-state index contributed by atoms with van der Waals surface area (Å²) in [6.07, 6.45) is 20.5. The van der Waals surface area contributed by atoms with Gasteiger partial charge in [-0.05, 0) is 37.0 Å². The highest BCUT2D eigenvalue weighted by Gasteiger charge is 2.20. The van der Waals surface area contributed by atoms with Crippen molar-refractivity contribution in [3.05, 3.63) is 84.0 Å². The monoisotopic (exact) mass is 458 g/mol. The van der Waals surface area contributed by atoms with E-state index >= 15 is 0 Å². The highest BCUT2D eigenvalue weighted by molar-refractivity contribution is 8.00. The summed E-state index contributed by atoms with van der Waals surface area (Å²) in [4.78, 5) is 22.0. The predicted octanol–water partition coefficient (Wildman–Crippen LogP) is 6.19. The summed E-state index contributed by atoms with van der Waals surface area (Å²) in [6.45, 7) is 2.20. The Hall–Kier alpha value is -2.57. The number of allylic oxidation sites excluding steroid dienone is 7. The lowest BCUT2D eigenvalue weighted by Crippen LogP contribution is -2.15. The number of hydrogen-bond donors (Lipinski definition) is 3. The average molecular weight is 459 g/mol. The maximum Gasteiger partial charge on any atom is 0.335 e. The molecule has 0 saturated carbocycles. The maximum absolute atomic E-state index is 11.2. The zero-order valence-electron chi connectivity index (χ0n) is 18.6. The first kappa shape index (κ1) is 27.5. The molecule has 0 fully saturated rings. The fourth-order valence-electron chi connectivity index (χ4n) is 2.84. The van der Waals surface area contributed by atoms with Gasteiger partial charge in [0.2, 0.25) is 0 Å². The Morgan fingerprint density at radius 2 is 1.81 bits per heavy atom. The second kappa shape index (κ2) is 17.0. The van der Waals surface area contributed by atoms with Crippen LogP contribution in [0.5, 0.6) is 0 Å². The van der Waals surface area contributed by atoms with Crippen molar-refractivity contribution in [1.82, 2.24) is 0 Å². The fourth-order valence-corrected chi connectivity index (χ4v) is 3.95. The van der Waals surface area contributed by atoms with Crippen LogP contribution in [0, 0.1) is 0 Å². The number of benzene rings is 1. The van der Waals surface area contributed by atoms with E-state index in [0.29, 0.717) is 11.3 Å². The molecule has 5 nitrogen and oxygen atoms in total. The van der Waals surface area contributed by atoms with Gasteiger partial charge in [0.15, 0.2) is 0 Å². The topological polar surface area (TPSA) is 94.8 Å². The number of carboxylic acids is 2. The maximum atomic E-state index is 11.2. The van der Waals surface area contributed by atoms with Gasteiger partial charge in [0.25, 0.3) is 0 Å². The van der Waals surface area contributed by atoms with Gasteiger partial charge in [-0.3, -0.25) is 4.79 Å². The zero-order valence-corrected chi connectivity index (χ0v) is 19.4. The standard InChI is InChI=1S/C26H34O5S/c1-2-3-4-5-6-7-8-9-10-11-12-13-17-23(32-19-18-24(27)28)25(29)21-15-14-16-22(20-21)26(30)31/h6-7,9-17,20,23,25,29H,2-5,8,18-19H2,1H3,(H,27,28)(H,30,31)/b7-6-,10-9-,12-11+,17-13+/t23-,25+/m0/s1. The minimum absolute atomic E-state index is 0.0125. The van der Waals surface area contributed by atoms with Gasteiger partial charge in [0.1, 0.15) is 0 Å². The molecule has 1 rings (SSSR count). The quantitative estimate of drug-likeness (QED) is 0.155. The van der Waals surface area contributed by atoms with Crippen molar-refractivity contribution in [3.8, 4) is 0 Å². The molecule has 0 saturated heterocycles. The van der Waals surface area contributed by atoms with Gasteiger partial charge < -0.3 is 15.3 Å². The number of aliphatic hydroxyl groups excluding tert-OH is 1. The molecule has 0 heterocycles. The van der Waals surface area contributed by atoms with Crippen molar-refractivity contribution in [3.63, 3.8) is 0 Å². The van der Waals surface area contributed by atoms with Gasteiger partial charge in [0.05, 0.1) is 23.3 Å². The molecular formula is C26H34O5S. The molecule has 0 aromatic heterocycles. The minimum atomic E-state index is -1.06. The SMILES string of the molecule is CCCCC/C=C\C\C=C/C=C/C=C/[C@H](SCCC(=O)O)[C@H](O)c1cccc(C(=O)O)c1. The number of carbonyl (C=O) groups is 2. The van der Waals surface area contributed by atoms with E-state index in [9.17, 15) is 19.8 Å². The molecule has 3 N–H and O–H groups in total. The van der Waals surface area contributed by atoms with Crippen molar-refractivity contribution in [2.45, 2.75) is 56.8 Å². The summed E-state index contributed by atoms with van der Waals surface area (Å²) in [5, 5.41) is 28.4. The molecule has 1 aromatic rings. The third-order valence-corrected chi connectivity index (χ3v) is 5.84. The Kier molecular flexibility index (Phi) is 14.6. The molecule has 174 valence electrons. The number of unbranched alkanes of at least 4 members (excludes halogenated alkanes) is 3. The lowest BCUT2D eigenvalue weighted by atomic mass is 10.0. The molecule has 2 atom stereocenters. The van der Waals surface area contributed by atoms with Crippen molar-refractivity contribution >= 4 is 23.7 Å². The second-order valence-corrected chi connectivity index (χ2v) is 8.54. The van der Waals surface area contributed by atoms with Crippen LogP contribution in [-0.2, 0) is 4.79 Å². The van der Waals surface area contributed by atoms with Gasteiger partial charge >= 0.3 is 11.9 Å². The lowest BCUT2D eigenvalue weighted by molar-refractivity contribution is -0.136. The van der Waals surface area contributed by atoms with Gasteiger partial charge in [-0.1, -0.05) is 80.5 Å². The smallest absolute Gasteiger partial charge is 0.335 e. The Morgan fingerprint density at radius 1 is 1.03 bits per heavy atom. The average Bonchev–Trinajstić information content (AvgIpc) is 2.78. The third-order valence-electron chi connectivity index (χ3n) is 4.60. The summed E-state index contributed by atoms with van der Waals surface area (Å²) in [5.41, 5.74) is 0.584. The van der Waals surface area contributed by atoms with E-state index in [1.54, 1.807) is 12.1 Å². The van der Waals surface area contributed by atoms with E-state index in [1.165, 1.54) is 43.2 Å². The van der Waals surface area contributed by atoms with Crippen LogP contribution in [0.25, 0.3) is 0 Å². The van der Waals surface area contributed by atoms with E-state index in [4.69, 9.17) is 5.11 Å². The highest BCUT2D eigenvalue weighted by Crippen LogP contribution is 2.29. The van der Waals surface area contributed by atoms with Crippen LogP contribution in [0.1, 0.15) is 67.5 Å². The van der Waals surface area contributed by atoms with Crippen LogP contribution >= 0.6 is 11.8 Å². The van der Waals surface area contributed by atoms with Crippen LogP contribution in [0.15, 0.2) is 72.9 Å². The minimum Gasteiger partial charge on any atom is -0.481 e. The van der Waals surface area contributed by atoms with Crippen molar-refractivity contribution in [2.24, 2.45) is 0 Å². The van der Waals surface area contributed by atoms with E-state index in [2.05, 4.69) is 25.2 Å². The first-order valence-corrected chi connectivity index (χ1v) is 12.0. The molecule has 1 aromatic carbocycles. The molecule has 0 radical (unpaired) electrons. The molecular weight excluding hydrogens is 424 g/mol. The van der Waals surface area contributed by atoms with Crippen LogP contribution < -0.4 is 0 Å². The summed E-state index contributed by atoms with van der Waals surface area (Å²) in [7, 11) is 0. The molecule has 32 heavy (non-hydrogen) atoms. The largest absolute Gasteiger partial charge is 0.481 e. The van der Waals surface area contributed by atoms with Crippen LogP contribution in [0.2, 0.25) is 0 Å². The normalized spacial score (nSPS) is 14.1. The van der Waals surface area contributed by atoms with Gasteiger partial charge in [0, 0.05) is 5.75 Å². The first-order valence-electron chi connectivity index (χ1n) is 11.0. The molecule has 0 unspecified atom stereocenters. The second-order valence-electron chi connectivity index (χ2n) is 7.26. The number of carboxylic acid groups (broad SMARTS) is 2. The number of hydrogen-bond acceptors (Lipinski definition) is 4. The summed E-state index contributed by atoms with van der Waals surface area (Å²) < 4.78 is 0. The fraction of sp³-hybridized carbons (Fsp3) is 0.385. The third kappa shape index (κ3) is 12.3. The Balaban J connectivity index is 2.67. The van der Waals surface area contributed by atoms with Crippen molar-refractivity contribution in [1.29, 1.82) is 0 Å².